The largest absolute Gasteiger partial charge is 0.462 e. The predicted molar refractivity (Wildman–Crippen MR) is 101 cm³/mol. The van der Waals surface area contributed by atoms with Crippen molar-refractivity contribution in [3.63, 3.8) is 0 Å². The first-order chi connectivity index (χ1) is 13.5. The van der Waals surface area contributed by atoms with Crippen LogP contribution in [0.5, 0.6) is 0 Å². The van der Waals surface area contributed by atoms with Gasteiger partial charge in [0.25, 0.3) is 0 Å². The molecule has 4 atom stereocenters. The Morgan fingerprint density at radius 1 is 0.786 bits per heavy atom. The van der Waals surface area contributed by atoms with E-state index in [1.54, 1.807) is 0 Å². The van der Waals surface area contributed by atoms with E-state index in [0.717, 1.165) is 51.7 Å². The number of hydrogen-bond acceptors (Lipinski definition) is 6. The molecule has 4 aliphatic rings. The van der Waals surface area contributed by atoms with Crippen molar-refractivity contribution < 1.29 is 28.5 Å². The molecule has 154 valence electrons. The third kappa shape index (κ3) is 3.52. The molecule has 0 aromatic heterocycles. The lowest BCUT2D eigenvalue weighted by Crippen LogP contribution is -2.19. The second kappa shape index (κ2) is 7.64. The van der Waals surface area contributed by atoms with E-state index in [0.29, 0.717) is 49.4 Å². The van der Waals surface area contributed by atoms with Crippen LogP contribution in [0.1, 0.15) is 38.5 Å². The van der Waals surface area contributed by atoms with E-state index in [-0.39, 0.29) is 22.8 Å². The molecule has 6 nitrogen and oxygen atoms in total. The maximum absolute atomic E-state index is 12.1. The topological polar surface area (TPSA) is 71.1 Å². The Labute approximate surface area is 166 Å². The summed E-state index contributed by atoms with van der Waals surface area (Å²) in [5.41, 5.74) is 0.894. The van der Waals surface area contributed by atoms with Crippen molar-refractivity contribution in [3.8, 4) is 0 Å². The normalized spacial score (nSPS) is 34.3. The highest BCUT2D eigenvalue weighted by Crippen LogP contribution is 2.62. The molecule has 2 saturated carbocycles. The second-order valence-corrected chi connectivity index (χ2v) is 8.79. The molecule has 0 bridgehead atoms. The molecule has 2 saturated heterocycles. The van der Waals surface area contributed by atoms with E-state index in [2.05, 4.69) is 13.2 Å². The van der Waals surface area contributed by atoms with Crippen LogP contribution in [-0.4, -0.2) is 51.6 Å². The standard InChI is InChI=1S/C22H30O6/c1-15(21-9-17(21)11-25-13-21)19(23)27-7-5-3-4-6-8-28-20(24)16(2)22-10-18(22)12-26-14-22/h17-18H,1-14H2. The summed E-state index contributed by atoms with van der Waals surface area (Å²) in [6.07, 6.45) is 5.45. The number of unbranched alkanes of at least 4 members (excludes halogenated alkanes) is 3. The van der Waals surface area contributed by atoms with Gasteiger partial charge in [0.2, 0.25) is 0 Å². The zero-order valence-electron chi connectivity index (χ0n) is 16.5. The average molecular weight is 390 g/mol. The number of ether oxygens (including phenoxy) is 4. The van der Waals surface area contributed by atoms with E-state index in [1.165, 1.54) is 0 Å². The van der Waals surface area contributed by atoms with E-state index in [9.17, 15) is 9.59 Å². The lowest BCUT2D eigenvalue weighted by Gasteiger charge is -2.14. The van der Waals surface area contributed by atoms with Gasteiger partial charge < -0.3 is 18.9 Å². The summed E-state index contributed by atoms with van der Waals surface area (Å²) in [5, 5.41) is 0. The summed E-state index contributed by atoms with van der Waals surface area (Å²) >= 11 is 0. The summed E-state index contributed by atoms with van der Waals surface area (Å²) in [7, 11) is 0. The molecule has 6 heteroatoms. The fourth-order valence-corrected chi connectivity index (χ4v) is 4.70. The van der Waals surface area contributed by atoms with Crippen molar-refractivity contribution in [2.24, 2.45) is 22.7 Å². The summed E-state index contributed by atoms with van der Waals surface area (Å²) in [5.74, 6) is 0.346. The van der Waals surface area contributed by atoms with Gasteiger partial charge >= 0.3 is 11.9 Å². The number of hydrogen-bond donors (Lipinski definition) is 0. The molecule has 0 N–H and O–H groups in total. The molecule has 0 aromatic carbocycles. The SMILES string of the molecule is C=C(C(=O)OCCCCCCOC(=O)C(=C)C12COCC1C2)C12COCC1C2. The summed E-state index contributed by atoms with van der Waals surface area (Å²) in [6.45, 7) is 11.4. The van der Waals surface area contributed by atoms with Gasteiger partial charge in [-0.05, 0) is 50.4 Å². The molecule has 0 spiro atoms. The zero-order chi connectivity index (χ0) is 19.8. The molecule has 0 amide bonds. The number of rotatable bonds is 11. The Morgan fingerprint density at radius 2 is 1.21 bits per heavy atom. The summed E-state index contributed by atoms with van der Waals surface area (Å²) in [4.78, 5) is 24.2. The molecule has 4 rings (SSSR count). The molecule has 2 aliphatic carbocycles. The monoisotopic (exact) mass is 390 g/mol. The number of fused-ring (bicyclic) bond motifs is 2. The second-order valence-electron chi connectivity index (χ2n) is 8.79. The number of esters is 2. The molecule has 2 aliphatic heterocycles. The Bertz CT molecular complexity index is 627. The first-order valence-corrected chi connectivity index (χ1v) is 10.4. The van der Waals surface area contributed by atoms with Crippen LogP contribution in [0.4, 0.5) is 0 Å². The fraction of sp³-hybridized carbons (Fsp3) is 0.727. The number of carbonyl (C=O) groups is 2. The van der Waals surface area contributed by atoms with E-state index in [4.69, 9.17) is 18.9 Å². The Morgan fingerprint density at radius 3 is 1.54 bits per heavy atom. The molecule has 0 aromatic rings. The lowest BCUT2D eigenvalue weighted by molar-refractivity contribution is -0.141. The van der Waals surface area contributed by atoms with Gasteiger partial charge in [-0.25, -0.2) is 9.59 Å². The van der Waals surface area contributed by atoms with Gasteiger partial charge in [0.05, 0.1) is 39.6 Å². The lowest BCUT2D eigenvalue weighted by atomic mass is 9.97. The highest BCUT2D eigenvalue weighted by Gasteiger charge is 2.62. The van der Waals surface area contributed by atoms with Gasteiger partial charge in [-0.2, -0.15) is 0 Å². The fourth-order valence-electron chi connectivity index (χ4n) is 4.70. The van der Waals surface area contributed by atoms with E-state index < -0.39 is 0 Å². The number of carbonyl (C=O) groups excluding carboxylic acids is 2. The van der Waals surface area contributed by atoms with Crippen LogP contribution in [0.2, 0.25) is 0 Å². The van der Waals surface area contributed by atoms with E-state index >= 15 is 0 Å². The highest BCUT2D eigenvalue weighted by atomic mass is 16.5. The predicted octanol–water partition coefficient (Wildman–Crippen LogP) is 2.82. The molecule has 4 unspecified atom stereocenters. The van der Waals surface area contributed by atoms with Crippen LogP contribution >= 0.6 is 0 Å². The maximum atomic E-state index is 12.1. The Hall–Kier alpha value is -1.66. The maximum Gasteiger partial charge on any atom is 0.334 e. The Balaban J connectivity index is 1.02. The van der Waals surface area contributed by atoms with Gasteiger partial charge in [0, 0.05) is 22.0 Å². The third-order valence-corrected chi connectivity index (χ3v) is 7.02. The van der Waals surface area contributed by atoms with Crippen molar-refractivity contribution in [2.45, 2.75) is 38.5 Å². The van der Waals surface area contributed by atoms with E-state index in [1.807, 2.05) is 0 Å². The molecular formula is C22H30O6. The molecule has 0 radical (unpaired) electrons. The van der Waals surface area contributed by atoms with Crippen LogP contribution in [0, 0.1) is 22.7 Å². The Kier molecular flexibility index (Phi) is 5.36. The van der Waals surface area contributed by atoms with Gasteiger partial charge in [-0.3, -0.25) is 0 Å². The smallest absolute Gasteiger partial charge is 0.334 e. The van der Waals surface area contributed by atoms with Crippen LogP contribution in [0.25, 0.3) is 0 Å². The van der Waals surface area contributed by atoms with Crippen LogP contribution in [-0.2, 0) is 28.5 Å². The van der Waals surface area contributed by atoms with Crippen molar-refractivity contribution in [1.29, 1.82) is 0 Å². The minimum atomic E-state index is -0.283. The average Bonchev–Trinajstić information content (AvgIpc) is 3.50. The van der Waals surface area contributed by atoms with Gasteiger partial charge in [-0.1, -0.05) is 13.2 Å². The third-order valence-electron chi connectivity index (χ3n) is 7.02. The first-order valence-electron chi connectivity index (χ1n) is 10.4. The first kappa shape index (κ1) is 19.6. The van der Waals surface area contributed by atoms with Crippen molar-refractivity contribution in [3.05, 3.63) is 24.3 Å². The van der Waals surface area contributed by atoms with Crippen LogP contribution in [0.3, 0.4) is 0 Å². The molecule has 28 heavy (non-hydrogen) atoms. The summed E-state index contributed by atoms with van der Waals surface area (Å²) < 4.78 is 21.5. The van der Waals surface area contributed by atoms with Crippen LogP contribution < -0.4 is 0 Å². The minimum absolute atomic E-state index is 0.129. The zero-order valence-corrected chi connectivity index (χ0v) is 16.5. The minimum Gasteiger partial charge on any atom is -0.462 e. The molecule has 2 heterocycles. The van der Waals surface area contributed by atoms with Gasteiger partial charge in [-0.15, -0.1) is 0 Å². The highest BCUT2D eigenvalue weighted by molar-refractivity contribution is 5.91. The van der Waals surface area contributed by atoms with Crippen molar-refractivity contribution in [1.82, 2.24) is 0 Å². The van der Waals surface area contributed by atoms with Crippen LogP contribution in [0.15, 0.2) is 24.3 Å². The van der Waals surface area contributed by atoms with Gasteiger partial charge in [0.15, 0.2) is 0 Å². The quantitative estimate of drug-likeness (QED) is 0.307. The summed E-state index contributed by atoms with van der Waals surface area (Å²) in [6, 6.07) is 0. The molecule has 4 fully saturated rings. The van der Waals surface area contributed by atoms with Crippen molar-refractivity contribution in [2.75, 3.05) is 39.6 Å². The molecular weight excluding hydrogens is 360 g/mol. The van der Waals surface area contributed by atoms with Gasteiger partial charge in [0.1, 0.15) is 0 Å². The van der Waals surface area contributed by atoms with Crippen molar-refractivity contribution >= 4 is 11.9 Å².